The van der Waals surface area contributed by atoms with Gasteiger partial charge in [0.2, 0.25) is 66.6 Å². The van der Waals surface area contributed by atoms with Crippen LogP contribution in [0.15, 0.2) is 75.8 Å². The highest BCUT2D eigenvalue weighted by molar-refractivity contribution is 6.04. The Morgan fingerprint density at radius 3 is 1.10 bits per heavy atom. The van der Waals surface area contributed by atoms with Gasteiger partial charge in [-0.1, -0.05) is 18.7 Å². The van der Waals surface area contributed by atoms with Gasteiger partial charge in [0.05, 0.1) is 73.9 Å². The fourth-order valence-corrected chi connectivity index (χ4v) is 10.8. The largest absolute Gasteiger partial charge is 0.488 e. The Morgan fingerprint density at radius 2 is 0.746 bits per heavy atom. The summed E-state index contributed by atoms with van der Waals surface area (Å²) in [6, 6.07) is 5.51. The van der Waals surface area contributed by atoms with Crippen molar-refractivity contribution in [2.75, 3.05) is 132 Å². The van der Waals surface area contributed by atoms with Crippen LogP contribution in [0, 0.1) is 11.6 Å². The SMILES string of the molecule is C=C/C=C(\C(=C/C)OCCOc1cc(-c2c3cc(F)c(=O)c(CN(CCC(=O)OCOC(C)=O)CCC(=O)OCOC(C)=O)c-3oc3c(CN(CCC(=O)OCOC(C)=O)CCC(=O)OCOC(C)=O)c(OCOC(C)=O)c(F)cc23)ccc1N(CCC(=O)OCOC(C)=O)CCC(=O)OCOC(C)=O)N(CCC(=O)OCOC(C)=O)CCC(=O)OCOC(C)=O. The summed E-state index contributed by atoms with van der Waals surface area (Å²) in [5.74, 6) is -19.5. The van der Waals surface area contributed by atoms with Crippen molar-refractivity contribution in [1.29, 1.82) is 0 Å². The lowest BCUT2D eigenvalue weighted by atomic mass is 9.89. The molecule has 0 spiro atoms. The number of halogens is 2. The fourth-order valence-electron chi connectivity index (χ4n) is 10.8. The topological polar surface area (TPSA) is 518 Å². The van der Waals surface area contributed by atoms with Gasteiger partial charge in [0, 0.05) is 144 Å². The lowest BCUT2D eigenvalue weighted by Gasteiger charge is -2.29. The molecule has 1 aliphatic carbocycles. The molecule has 4 rings (SSSR count). The second-order valence-corrected chi connectivity index (χ2v) is 26.0. The summed E-state index contributed by atoms with van der Waals surface area (Å²) in [7, 11) is 0. The Balaban J connectivity index is 2.27. The van der Waals surface area contributed by atoms with Crippen LogP contribution in [0.4, 0.5) is 14.5 Å². The van der Waals surface area contributed by atoms with Crippen LogP contribution in [0.5, 0.6) is 11.5 Å². The predicted molar refractivity (Wildman–Crippen MR) is 418 cm³/mol. The summed E-state index contributed by atoms with van der Waals surface area (Å²) in [6.07, 6.45) is -0.0531. The number of rotatable bonds is 57. The highest BCUT2D eigenvalue weighted by Gasteiger charge is 2.33. The van der Waals surface area contributed by atoms with Crippen LogP contribution in [0.1, 0.15) is 132 Å². The number of allylic oxidation sites excluding steroid dienone is 3. The lowest BCUT2D eigenvalue weighted by Crippen LogP contribution is -2.32. The van der Waals surface area contributed by atoms with Gasteiger partial charge in [-0.3, -0.25) is 96.1 Å². The number of carbonyl (C=O) groups excluding carboxylic acids is 17. The van der Waals surface area contributed by atoms with E-state index in [1.54, 1.807) is 6.92 Å². The average molecular weight is 1790 g/mol. The highest BCUT2D eigenvalue weighted by Crippen LogP contribution is 2.47. The third-order valence-electron chi connectivity index (χ3n) is 16.6. The van der Waals surface area contributed by atoms with Crippen molar-refractivity contribution in [2.24, 2.45) is 0 Å². The van der Waals surface area contributed by atoms with Crippen molar-refractivity contribution in [3.8, 4) is 33.9 Å². The predicted octanol–water partition coefficient (Wildman–Crippen LogP) is 5.46. The third-order valence-corrected chi connectivity index (χ3v) is 16.6. The number of esters is 17. The molecule has 45 heteroatoms. The normalized spacial score (nSPS) is 11.0. The summed E-state index contributed by atoms with van der Waals surface area (Å²) >= 11 is 0. The molecule has 2 aromatic rings. The van der Waals surface area contributed by atoms with E-state index in [0.29, 0.717) is 6.07 Å². The molecule has 0 atom stereocenters. The van der Waals surface area contributed by atoms with Crippen LogP contribution in [0.2, 0.25) is 0 Å². The molecular formula is C81H98F2N4O39. The van der Waals surface area contributed by atoms with Crippen LogP contribution in [0.25, 0.3) is 33.4 Å². The van der Waals surface area contributed by atoms with Crippen LogP contribution in [-0.2, 0) is 180 Å². The summed E-state index contributed by atoms with van der Waals surface area (Å²) in [6.45, 7) is 1.56. The van der Waals surface area contributed by atoms with E-state index in [1.807, 2.05) is 0 Å². The van der Waals surface area contributed by atoms with Crippen molar-refractivity contribution < 1.29 is 189 Å². The first-order chi connectivity index (χ1) is 59.9. The van der Waals surface area contributed by atoms with Crippen molar-refractivity contribution in [3.63, 3.8) is 0 Å². The van der Waals surface area contributed by atoms with Crippen molar-refractivity contribution in [2.45, 2.75) is 134 Å². The first kappa shape index (κ1) is 104. The molecule has 0 aromatic heterocycles. The Labute approximate surface area is 718 Å². The van der Waals surface area contributed by atoms with Gasteiger partial charge in [0.1, 0.15) is 36.1 Å². The molecule has 2 aliphatic rings. The van der Waals surface area contributed by atoms with Gasteiger partial charge < -0.3 is 109 Å². The van der Waals surface area contributed by atoms with Gasteiger partial charge >= 0.3 is 101 Å². The minimum atomic E-state index is -1.52. The molecular weight excluding hydrogens is 1690 g/mol. The first-order valence-electron chi connectivity index (χ1n) is 38.3. The summed E-state index contributed by atoms with van der Waals surface area (Å²) in [5.41, 5.74) is -3.58. The Bertz CT molecular complexity index is 4470. The van der Waals surface area contributed by atoms with Crippen LogP contribution < -0.4 is 19.8 Å². The molecule has 0 N–H and O–H groups in total. The van der Waals surface area contributed by atoms with E-state index >= 15 is 8.78 Å². The highest BCUT2D eigenvalue weighted by atomic mass is 19.1. The zero-order valence-electron chi connectivity index (χ0n) is 70.8. The van der Waals surface area contributed by atoms with Crippen molar-refractivity contribution in [3.05, 3.63) is 99.6 Å². The summed E-state index contributed by atoms with van der Waals surface area (Å²) in [4.78, 5) is 232. The van der Waals surface area contributed by atoms with Gasteiger partial charge in [-0.25, -0.2) is 8.78 Å². The van der Waals surface area contributed by atoms with E-state index in [9.17, 15) is 86.3 Å². The maximum atomic E-state index is 18.1. The maximum absolute atomic E-state index is 18.1. The van der Waals surface area contributed by atoms with Crippen molar-refractivity contribution in [1.82, 2.24) is 14.7 Å². The molecule has 2 aromatic carbocycles. The quantitative estimate of drug-likeness (QED) is 0.0101. The second kappa shape index (κ2) is 56.0. The number of hydrogen-bond acceptors (Lipinski definition) is 43. The van der Waals surface area contributed by atoms with E-state index in [1.165, 1.54) is 56.0 Å². The molecule has 0 bridgehead atoms. The van der Waals surface area contributed by atoms with Gasteiger partial charge in [-0.15, -0.1) is 0 Å². The molecule has 0 saturated carbocycles. The minimum absolute atomic E-state index is 0.0250. The van der Waals surface area contributed by atoms with Gasteiger partial charge in [0.15, 0.2) is 17.4 Å². The number of nitrogens with zero attached hydrogens (tertiary/aromatic N) is 4. The number of anilines is 1. The summed E-state index contributed by atoms with van der Waals surface area (Å²) in [5, 5.41) is -0.354. The molecule has 126 heavy (non-hydrogen) atoms. The molecule has 0 unspecified atom stereocenters. The monoisotopic (exact) mass is 1790 g/mol. The second-order valence-electron chi connectivity index (χ2n) is 26.0. The van der Waals surface area contributed by atoms with Crippen LogP contribution in [0.3, 0.4) is 0 Å². The zero-order valence-corrected chi connectivity index (χ0v) is 70.8. The van der Waals surface area contributed by atoms with Gasteiger partial charge in [-0.05, 0) is 48.9 Å². The fraction of sp³-hybridized carbons (Fsp3) is 0.481. The number of ether oxygens (including phenoxy) is 20. The zero-order chi connectivity index (χ0) is 93.4. The molecule has 690 valence electrons. The van der Waals surface area contributed by atoms with E-state index < -0.39 is 325 Å². The number of fused-ring (bicyclic) bond motifs is 2. The molecule has 0 amide bonds. The third kappa shape index (κ3) is 40.0. The number of benzene rings is 3. The number of hydrogen-bond donors (Lipinski definition) is 0. The van der Waals surface area contributed by atoms with E-state index in [4.69, 9.17) is 99.2 Å². The van der Waals surface area contributed by atoms with E-state index in [-0.39, 0.29) is 58.1 Å². The lowest BCUT2D eigenvalue weighted by molar-refractivity contribution is -0.168. The van der Waals surface area contributed by atoms with Gasteiger partial charge in [0.25, 0.3) is 0 Å². The molecule has 1 aliphatic heterocycles. The standard InChI is InChI=1S/C81H98F2N4O39/c1-12-14-65(86(29-21-73(101)121-44-112-53(7)92)30-22-74(102)122-45-113-54(8)93)67(13-2)106-33-34-107-68-35-58(15-16-66(68)87(31-23-75(103)123-46-114-55(9)94)32-24-76(104)124-47-115-56(10)95)77-59-36-63(82)78(105)61(38-84(25-17-69(97)117-40-108-49(3)88)26-18-70(98)118-41-109-50(4)89)79(59)126-80-60(77)37-64(83)81(125-48-116-57(11)96)62(80)39-85(27-19-71(99)119-42-110-51(5)90)28-20-72(100)120-43-111-52(6)91/h12-16,35-37H,1,17-34,38-48H2,2-11H3/b65-14+,67-13+. The van der Waals surface area contributed by atoms with Crippen LogP contribution >= 0.6 is 0 Å². The Kier molecular flexibility index (Phi) is 46.4. The molecule has 1 heterocycles. The summed E-state index contributed by atoms with van der Waals surface area (Å²) < 4.78 is 145. The van der Waals surface area contributed by atoms with Crippen molar-refractivity contribution >= 4 is 118 Å². The maximum Gasteiger partial charge on any atom is 0.310 e. The Hall–Kier alpha value is -13.9. The average Bonchev–Trinajstić information content (AvgIpc) is 0.724. The van der Waals surface area contributed by atoms with Crippen LogP contribution in [-0.4, -0.2) is 243 Å². The molecule has 0 radical (unpaired) electrons. The minimum Gasteiger partial charge on any atom is -0.488 e. The Morgan fingerprint density at radius 1 is 0.397 bits per heavy atom. The van der Waals surface area contributed by atoms with E-state index in [0.717, 1.165) is 68.4 Å². The molecule has 43 nitrogen and oxygen atoms in total. The smallest absolute Gasteiger partial charge is 0.310 e. The van der Waals surface area contributed by atoms with E-state index in [2.05, 4.69) is 6.58 Å². The van der Waals surface area contributed by atoms with Gasteiger partial charge in [-0.2, -0.15) is 0 Å². The number of carbonyl (C=O) groups is 17. The molecule has 0 fully saturated rings. The first-order valence-corrected chi connectivity index (χ1v) is 38.3. The molecule has 0 saturated heterocycles.